The molecule has 0 radical (unpaired) electrons. The molecule has 4 heterocycles. The molecule has 0 aliphatic carbocycles. The molecule has 0 spiro atoms. The third kappa shape index (κ3) is 4.75. The van der Waals surface area contributed by atoms with E-state index in [9.17, 15) is 4.79 Å². The topological polar surface area (TPSA) is 97.7 Å². The summed E-state index contributed by atoms with van der Waals surface area (Å²) in [6.07, 6.45) is 5.60. The van der Waals surface area contributed by atoms with Crippen molar-refractivity contribution in [3.05, 3.63) is 53.8 Å². The normalized spacial score (nSPS) is 16.8. The van der Waals surface area contributed by atoms with Crippen LogP contribution in [-0.4, -0.2) is 48.6 Å². The zero-order chi connectivity index (χ0) is 22.8. The van der Waals surface area contributed by atoms with E-state index in [1.165, 1.54) is 18.0 Å². The molecule has 5 rings (SSSR count). The summed E-state index contributed by atoms with van der Waals surface area (Å²) in [4.78, 5) is 20.2. The van der Waals surface area contributed by atoms with Gasteiger partial charge in [0.25, 0.3) is 0 Å². The van der Waals surface area contributed by atoms with Gasteiger partial charge in [-0.15, -0.1) is 10.2 Å². The van der Waals surface area contributed by atoms with Gasteiger partial charge < -0.3 is 15.0 Å². The van der Waals surface area contributed by atoms with E-state index in [1.54, 1.807) is 12.1 Å². The fraction of sp³-hybridized carbons (Fsp3) is 0.304. The summed E-state index contributed by atoms with van der Waals surface area (Å²) in [6, 6.07) is 11.5. The molecule has 2 unspecified atom stereocenters. The third-order valence-electron chi connectivity index (χ3n) is 5.59. The number of thioether (sulfide) groups is 1. The number of nitrogens with zero attached hydrogens (tertiary/aromatic N) is 4. The van der Waals surface area contributed by atoms with Crippen molar-refractivity contribution in [2.24, 2.45) is 0 Å². The Kier molecular flexibility index (Phi) is 6.34. The maximum atomic E-state index is 12.8. The van der Waals surface area contributed by atoms with Gasteiger partial charge in [-0.3, -0.25) is 9.36 Å². The molecule has 10 heteroatoms. The van der Waals surface area contributed by atoms with Crippen molar-refractivity contribution in [3.8, 4) is 11.4 Å². The van der Waals surface area contributed by atoms with Gasteiger partial charge in [0.05, 0.1) is 22.9 Å². The minimum Gasteiger partial charge on any atom is -0.376 e. The van der Waals surface area contributed by atoms with Crippen LogP contribution in [0.4, 0.5) is 5.82 Å². The Labute approximate surface area is 200 Å². The number of carbonyl (C=O) groups excluding carboxylic acids is 1. The van der Waals surface area contributed by atoms with Gasteiger partial charge in [0, 0.05) is 35.5 Å². The molecule has 1 aliphatic heterocycles. The molecule has 3 aromatic heterocycles. The van der Waals surface area contributed by atoms with Gasteiger partial charge in [-0.05, 0) is 38.0 Å². The predicted octanol–water partition coefficient (Wildman–Crippen LogP) is 4.77. The van der Waals surface area contributed by atoms with E-state index in [0.717, 1.165) is 41.7 Å². The van der Waals surface area contributed by atoms with Crippen molar-refractivity contribution in [2.75, 3.05) is 11.9 Å². The lowest BCUT2D eigenvalue weighted by Crippen LogP contribution is -2.24. The summed E-state index contributed by atoms with van der Waals surface area (Å²) >= 11 is 7.24. The largest absolute Gasteiger partial charge is 0.376 e. The first-order valence-electron chi connectivity index (χ1n) is 10.8. The summed E-state index contributed by atoms with van der Waals surface area (Å²) in [7, 11) is 0. The number of aromatic amines is 1. The number of benzene rings is 1. The van der Waals surface area contributed by atoms with Crippen molar-refractivity contribution < 1.29 is 9.53 Å². The smallest absolute Gasteiger partial charge is 0.238 e. The summed E-state index contributed by atoms with van der Waals surface area (Å²) < 4.78 is 7.96. The molecule has 1 fully saturated rings. The summed E-state index contributed by atoms with van der Waals surface area (Å²) in [5.41, 5.74) is 2.02. The maximum Gasteiger partial charge on any atom is 0.238 e. The van der Waals surface area contributed by atoms with E-state index in [4.69, 9.17) is 16.3 Å². The minimum absolute atomic E-state index is 0.103. The molecule has 0 bridgehead atoms. The van der Waals surface area contributed by atoms with E-state index in [1.807, 2.05) is 31.3 Å². The number of nitrogens with one attached hydrogen (secondary N) is 2. The van der Waals surface area contributed by atoms with Crippen LogP contribution >= 0.6 is 23.4 Å². The number of aromatic nitrogens is 5. The van der Waals surface area contributed by atoms with Crippen molar-refractivity contribution in [2.45, 2.75) is 42.8 Å². The molecule has 2 atom stereocenters. The zero-order valence-electron chi connectivity index (χ0n) is 18.0. The first-order valence-corrected chi connectivity index (χ1v) is 12.0. The third-order valence-corrected chi connectivity index (χ3v) is 6.89. The van der Waals surface area contributed by atoms with E-state index < -0.39 is 5.25 Å². The summed E-state index contributed by atoms with van der Waals surface area (Å²) in [5, 5.41) is 13.7. The van der Waals surface area contributed by atoms with Crippen LogP contribution in [0.5, 0.6) is 0 Å². The van der Waals surface area contributed by atoms with Crippen LogP contribution in [0.15, 0.2) is 53.9 Å². The molecular weight excluding hydrogens is 460 g/mol. The van der Waals surface area contributed by atoms with Crippen LogP contribution < -0.4 is 5.32 Å². The van der Waals surface area contributed by atoms with Gasteiger partial charge in [-0.25, -0.2) is 4.98 Å². The average molecular weight is 483 g/mol. The summed E-state index contributed by atoms with van der Waals surface area (Å²) in [5.74, 6) is 1.05. The highest BCUT2D eigenvalue weighted by molar-refractivity contribution is 8.00. The number of rotatable bonds is 7. The highest BCUT2D eigenvalue weighted by atomic mass is 35.5. The van der Waals surface area contributed by atoms with Crippen molar-refractivity contribution in [1.29, 1.82) is 0 Å². The molecule has 1 amide bonds. The Hall–Kier alpha value is -2.88. The molecule has 33 heavy (non-hydrogen) atoms. The lowest BCUT2D eigenvalue weighted by Gasteiger charge is -2.16. The lowest BCUT2D eigenvalue weighted by atomic mass is 10.1. The Bertz CT molecular complexity index is 1270. The number of pyridine rings is 1. The number of ether oxygens (including phenoxy) is 1. The van der Waals surface area contributed by atoms with Crippen LogP contribution in [0.3, 0.4) is 0 Å². The second-order valence-electron chi connectivity index (χ2n) is 7.91. The van der Waals surface area contributed by atoms with Crippen molar-refractivity contribution >= 4 is 46.0 Å². The molecule has 0 saturated carbocycles. The second kappa shape index (κ2) is 9.54. The quantitative estimate of drug-likeness (QED) is 0.368. The number of amides is 1. The number of fused-ring (bicyclic) bond motifs is 1. The summed E-state index contributed by atoms with van der Waals surface area (Å²) in [6.45, 7) is 3.24. The predicted molar refractivity (Wildman–Crippen MR) is 129 cm³/mol. The number of anilines is 1. The molecule has 4 aromatic rings. The molecule has 8 nitrogen and oxygen atoms in total. The fourth-order valence-corrected chi connectivity index (χ4v) is 4.85. The van der Waals surface area contributed by atoms with Gasteiger partial charge in [0.1, 0.15) is 5.82 Å². The Balaban J connectivity index is 1.41. The molecular formula is C23H23ClN6O2S. The lowest BCUT2D eigenvalue weighted by molar-refractivity contribution is -0.115. The number of hydrogen-bond acceptors (Lipinski definition) is 6. The van der Waals surface area contributed by atoms with E-state index >= 15 is 0 Å². The van der Waals surface area contributed by atoms with Gasteiger partial charge in [-0.1, -0.05) is 41.6 Å². The van der Waals surface area contributed by atoms with Gasteiger partial charge in [-0.2, -0.15) is 0 Å². The Morgan fingerprint density at radius 1 is 1.33 bits per heavy atom. The van der Waals surface area contributed by atoms with E-state index in [2.05, 4.69) is 36.1 Å². The molecule has 2 N–H and O–H groups in total. The van der Waals surface area contributed by atoms with Crippen LogP contribution in [0, 0.1) is 0 Å². The number of H-pyrrole nitrogens is 1. The van der Waals surface area contributed by atoms with Crippen LogP contribution in [0.2, 0.25) is 5.02 Å². The molecule has 170 valence electrons. The zero-order valence-corrected chi connectivity index (χ0v) is 19.6. The van der Waals surface area contributed by atoms with Crippen LogP contribution in [0.25, 0.3) is 22.3 Å². The Morgan fingerprint density at radius 2 is 2.21 bits per heavy atom. The van der Waals surface area contributed by atoms with Gasteiger partial charge in [0.15, 0.2) is 11.0 Å². The number of halogens is 1. The Morgan fingerprint density at radius 3 is 3.00 bits per heavy atom. The first kappa shape index (κ1) is 21.9. The van der Waals surface area contributed by atoms with E-state index in [-0.39, 0.29) is 12.0 Å². The molecule has 1 saturated heterocycles. The number of para-hydroxylation sites is 1. The van der Waals surface area contributed by atoms with Gasteiger partial charge in [0.2, 0.25) is 5.91 Å². The molecule has 1 aliphatic rings. The first-order chi connectivity index (χ1) is 16.1. The SMILES string of the molecule is CC(Sc1nnc(-c2c[nH]c3ccccc23)n1CC1CCCO1)C(=O)Nc1ccc(Cl)cn1. The fourth-order valence-electron chi connectivity index (χ4n) is 3.88. The molecule has 1 aromatic carbocycles. The second-order valence-corrected chi connectivity index (χ2v) is 9.66. The minimum atomic E-state index is -0.411. The highest BCUT2D eigenvalue weighted by Crippen LogP contribution is 2.32. The monoisotopic (exact) mass is 482 g/mol. The van der Waals surface area contributed by atoms with Crippen molar-refractivity contribution in [1.82, 2.24) is 24.7 Å². The van der Waals surface area contributed by atoms with E-state index in [0.29, 0.717) is 22.5 Å². The number of hydrogen-bond donors (Lipinski definition) is 2. The highest BCUT2D eigenvalue weighted by Gasteiger charge is 2.25. The van der Waals surface area contributed by atoms with Crippen molar-refractivity contribution in [3.63, 3.8) is 0 Å². The van der Waals surface area contributed by atoms with Gasteiger partial charge >= 0.3 is 0 Å². The number of carbonyl (C=O) groups is 1. The standard InChI is InChI=1S/C23H23ClN6O2S/c1-14(22(31)27-20-9-8-15(24)11-26-20)33-23-29-28-21(30(23)13-16-5-4-10-32-16)18-12-25-19-7-3-2-6-17(18)19/h2-3,6-9,11-12,14,16,25H,4-5,10,13H2,1H3,(H,26,27,31). The maximum absolute atomic E-state index is 12.8. The van der Waals surface area contributed by atoms with Crippen LogP contribution in [0.1, 0.15) is 19.8 Å². The average Bonchev–Trinajstić information content (AvgIpc) is 3.56. The van der Waals surface area contributed by atoms with Crippen LogP contribution in [-0.2, 0) is 16.1 Å².